The number of hydrogen-bond acceptors (Lipinski definition) is 7. The zero-order valence-corrected chi connectivity index (χ0v) is 11.4. The maximum Gasteiger partial charge on any atom is 0.335 e. The number of carboxylic acid groups (broad SMARTS) is 1. The number of nitrogens with zero attached hydrogens (tertiary/aromatic N) is 1. The Balaban J connectivity index is 2.43. The van der Waals surface area contributed by atoms with E-state index in [1.165, 1.54) is 20.6 Å². The van der Waals surface area contributed by atoms with E-state index in [4.69, 9.17) is 10.8 Å². The van der Waals surface area contributed by atoms with Crippen LogP contribution in [0.15, 0.2) is 29.4 Å². The number of aromatic nitrogens is 1. The molecule has 0 aliphatic heterocycles. The van der Waals surface area contributed by atoms with E-state index >= 15 is 0 Å². The molecular formula is C8H10N2O2S4. The monoisotopic (exact) mass is 294 g/mol. The second-order valence-corrected chi connectivity index (χ2v) is 7.32. The number of aliphatic carboxylic acids is 1. The second kappa shape index (κ2) is 6.65. The molecule has 0 radical (unpaired) electrons. The van der Waals surface area contributed by atoms with Crippen LogP contribution in [0.4, 0.5) is 0 Å². The molecule has 0 aliphatic carbocycles. The van der Waals surface area contributed by atoms with Crippen LogP contribution < -0.4 is 5.73 Å². The smallest absolute Gasteiger partial charge is 0.335 e. The van der Waals surface area contributed by atoms with Gasteiger partial charge in [0.1, 0.15) is 5.03 Å². The average molecular weight is 294 g/mol. The topological polar surface area (TPSA) is 76.2 Å². The van der Waals surface area contributed by atoms with E-state index in [1.807, 2.05) is 18.2 Å². The Morgan fingerprint density at radius 3 is 2.88 bits per heavy atom. The van der Waals surface area contributed by atoms with Gasteiger partial charge >= 0.3 is 5.97 Å². The quantitative estimate of drug-likeness (QED) is 0.421. The van der Waals surface area contributed by atoms with Gasteiger partial charge in [0.2, 0.25) is 0 Å². The van der Waals surface area contributed by atoms with Gasteiger partial charge in [0.25, 0.3) is 0 Å². The largest absolute Gasteiger partial charge is 0.479 e. The van der Waals surface area contributed by atoms with E-state index < -0.39 is 10.8 Å². The minimum atomic E-state index is -1.37. The minimum Gasteiger partial charge on any atom is -0.479 e. The molecule has 0 spiro atoms. The van der Waals surface area contributed by atoms with Crippen molar-refractivity contribution >= 4 is 50.0 Å². The molecule has 1 aromatic heterocycles. The van der Waals surface area contributed by atoms with E-state index in [9.17, 15) is 4.79 Å². The second-order valence-electron chi connectivity index (χ2n) is 2.76. The first-order chi connectivity index (χ1) is 7.58. The Morgan fingerprint density at radius 2 is 2.38 bits per heavy atom. The van der Waals surface area contributed by atoms with Crippen LogP contribution in [0.1, 0.15) is 0 Å². The number of pyridine rings is 1. The maximum absolute atomic E-state index is 10.9. The number of carbonyl (C=O) groups is 1. The average Bonchev–Trinajstić information content (AvgIpc) is 2.30. The molecular weight excluding hydrogens is 284 g/mol. The highest BCUT2D eigenvalue weighted by molar-refractivity contribution is 9.09. The third-order valence-corrected chi connectivity index (χ3v) is 6.45. The van der Waals surface area contributed by atoms with Crippen molar-refractivity contribution in [3.63, 3.8) is 0 Å². The summed E-state index contributed by atoms with van der Waals surface area (Å²) in [5, 5.41) is 9.71. The lowest BCUT2D eigenvalue weighted by Gasteiger charge is -2.19. The molecule has 0 fully saturated rings. The molecule has 0 saturated heterocycles. The van der Waals surface area contributed by atoms with Crippen LogP contribution in [0.2, 0.25) is 0 Å². The Kier molecular flexibility index (Phi) is 5.84. The number of hydrogen-bond donors (Lipinski definition) is 3. The van der Waals surface area contributed by atoms with Gasteiger partial charge in [0.05, 0.1) is 0 Å². The molecule has 0 aliphatic rings. The summed E-state index contributed by atoms with van der Waals surface area (Å²) in [5.74, 6) is -0.996. The summed E-state index contributed by atoms with van der Waals surface area (Å²) >= 11 is 3.94. The molecule has 0 bridgehead atoms. The van der Waals surface area contributed by atoms with E-state index in [-0.39, 0.29) is 5.75 Å². The summed E-state index contributed by atoms with van der Waals surface area (Å²) in [5.41, 5.74) is 5.64. The lowest BCUT2D eigenvalue weighted by atomic mass is 10.4. The van der Waals surface area contributed by atoms with Crippen LogP contribution in [0.25, 0.3) is 0 Å². The summed E-state index contributed by atoms with van der Waals surface area (Å²) in [6.45, 7) is 0. The lowest BCUT2D eigenvalue weighted by molar-refractivity contribution is -0.139. The molecule has 1 heterocycles. The highest BCUT2D eigenvalue weighted by Gasteiger charge is 2.34. The van der Waals surface area contributed by atoms with Gasteiger partial charge in [-0.15, -0.1) is 0 Å². The fraction of sp³-hybridized carbons (Fsp3) is 0.250. The van der Waals surface area contributed by atoms with Gasteiger partial charge in [0.15, 0.2) is 4.87 Å². The summed E-state index contributed by atoms with van der Waals surface area (Å²) in [4.78, 5) is 13.6. The molecule has 0 aromatic carbocycles. The molecule has 3 N–H and O–H groups in total. The standard InChI is InChI=1S/C8H10N2O2S4/c9-8(5-13,7(11)12)15-16-14-6-3-1-2-4-10-6/h1-4,13H,5,9H2,(H,11,12)/t8-/m0/s1. The molecule has 0 unspecified atom stereocenters. The van der Waals surface area contributed by atoms with Gasteiger partial charge in [-0.3, -0.25) is 0 Å². The number of rotatable bonds is 6. The van der Waals surface area contributed by atoms with Gasteiger partial charge < -0.3 is 10.8 Å². The Morgan fingerprint density at radius 1 is 1.62 bits per heavy atom. The Labute approximate surface area is 110 Å². The van der Waals surface area contributed by atoms with Crippen molar-refractivity contribution in [1.29, 1.82) is 0 Å². The molecule has 8 heteroatoms. The minimum absolute atomic E-state index is 0.0722. The van der Waals surface area contributed by atoms with Crippen LogP contribution in [-0.4, -0.2) is 26.7 Å². The van der Waals surface area contributed by atoms with Crippen LogP contribution in [0, 0.1) is 0 Å². The number of carboxylic acids is 1. The van der Waals surface area contributed by atoms with Crippen molar-refractivity contribution in [1.82, 2.24) is 4.98 Å². The van der Waals surface area contributed by atoms with Gasteiger partial charge in [-0.25, -0.2) is 9.78 Å². The molecule has 1 atom stereocenters. The fourth-order valence-corrected chi connectivity index (χ4v) is 5.20. The van der Waals surface area contributed by atoms with Crippen LogP contribution in [0.3, 0.4) is 0 Å². The molecule has 1 aromatic rings. The Hall–Kier alpha value is -0.0200. The third-order valence-electron chi connectivity index (χ3n) is 1.54. The Bertz CT molecular complexity index is 351. The molecule has 4 nitrogen and oxygen atoms in total. The highest BCUT2D eigenvalue weighted by Crippen LogP contribution is 2.44. The zero-order valence-electron chi connectivity index (χ0n) is 8.07. The van der Waals surface area contributed by atoms with Gasteiger partial charge in [-0.05, 0) is 43.5 Å². The van der Waals surface area contributed by atoms with E-state index in [0.29, 0.717) is 0 Å². The first kappa shape index (κ1) is 14.0. The fourth-order valence-electron chi connectivity index (χ4n) is 0.639. The maximum atomic E-state index is 10.9. The van der Waals surface area contributed by atoms with Crippen molar-refractivity contribution in [3.8, 4) is 0 Å². The van der Waals surface area contributed by atoms with Crippen molar-refractivity contribution < 1.29 is 9.90 Å². The molecule has 1 rings (SSSR count). The summed E-state index contributed by atoms with van der Waals surface area (Å²) < 4.78 is 0. The van der Waals surface area contributed by atoms with Crippen molar-refractivity contribution in [3.05, 3.63) is 24.4 Å². The van der Waals surface area contributed by atoms with Crippen LogP contribution in [0.5, 0.6) is 0 Å². The lowest BCUT2D eigenvalue weighted by Crippen LogP contribution is -2.45. The first-order valence-corrected chi connectivity index (χ1v) is 8.26. The van der Waals surface area contributed by atoms with Crippen LogP contribution >= 0.6 is 44.0 Å². The first-order valence-electron chi connectivity index (χ1n) is 4.15. The normalized spacial score (nSPS) is 14.4. The zero-order chi connectivity index (χ0) is 12.0. The molecule has 0 amide bonds. The van der Waals surface area contributed by atoms with E-state index in [2.05, 4.69) is 17.6 Å². The third kappa shape index (κ3) is 4.10. The van der Waals surface area contributed by atoms with Crippen molar-refractivity contribution in [2.75, 3.05) is 5.75 Å². The van der Waals surface area contributed by atoms with Gasteiger partial charge in [-0.1, -0.05) is 6.07 Å². The van der Waals surface area contributed by atoms with Gasteiger partial charge in [-0.2, -0.15) is 12.6 Å². The van der Waals surface area contributed by atoms with Crippen LogP contribution in [-0.2, 0) is 4.79 Å². The SMILES string of the molecule is N[C@@](CS)(SSSc1ccccn1)C(=O)O. The highest BCUT2D eigenvalue weighted by atomic mass is 33.5. The number of thiol groups is 1. The molecule has 16 heavy (non-hydrogen) atoms. The van der Waals surface area contributed by atoms with E-state index in [1.54, 1.807) is 6.20 Å². The summed E-state index contributed by atoms with van der Waals surface area (Å²) in [7, 11) is 3.72. The van der Waals surface area contributed by atoms with Crippen molar-refractivity contribution in [2.24, 2.45) is 5.73 Å². The predicted molar refractivity (Wildman–Crippen MR) is 73.7 cm³/mol. The van der Waals surface area contributed by atoms with Gasteiger partial charge in [0, 0.05) is 11.9 Å². The van der Waals surface area contributed by atoms with Crippen molar-refractivity contribution in [2.45, 2.75) is 9.90 Å². The molecule has 88 valence electrons. The number of nitrogens with two attached hydrogens (primary N) is 1. The predicted octanol–water partition coefficient (Wildman–Crippen LogP) is 2.14. The van der Waals surface area contributed by atoms with E-state index in [0.717, 1.165) is 15.8 Å². The summed E-state index contributed by atoms with van der Waals surface area (Å²) in [6, 6.07) is 5.53. The summed E-state index contributed by atoms with van der Waals surface area (Å²) in [6.07, 6.45) is 1.68. The molecule has 0 saturated carbocycles.